The molecule has 0 bridgehead atoms. The number of unbranched alkanes of at least 4 members (excludes halogenated alkanes) is 1. The maximum absolute atomic E-state index is 12.7. The number of pyridine rings is 1. The van der Waals surface area contributed by atoms with Crippen LogP contribution in [0.1, 0.15) is 42.2 Å². The van der Waals surface area contributed by atoms with Crippen LogP contribution in [0.15, 0.2) is 42.5 Å². The second-order valence-corrected chi connectivity index (χ2v) is 6.62. The molecule has 0 saturated carbocycles. The van der Waals surface area contributed by atoms with Gasteiger partial charge in [0.2, 0.25) is 5.88 Å². The van der Waals surface area contributed by atoms with Crippen LogP contribution in [0.5, 0.6) is 11.6 Å². The lowest BCUT2D eigenvalue weighted by atomic mass is 10.2. The highest BCUT2D eigenvalue weighted by atomic mass is 16.5. The van der Waals surface area contributed by atoms with E-state index in [0.29, 0.717) is 31.1 Å². The summed E-state index contributed by atoms with van der Waals surface area (Å²) < 4.78 is 11.6. The van der Waals surface area contributed by atoms with E-state index in [0.717, 1.165) is 30.7 Å². The molecule has 1 amide bonds. The molecule has 1 aromatic carbocycles. The molecule has 0 aliphatic carbocycles. The average molecular weight is 354 g/mol. The Kier molecular flexibility index (Phi) is 6.10. The molecular formula is C21H26N2O3. The van der Waals surface area contributed by atoms with Gasteiger partial charge in [-0.25, -0.2) is 4.98 Å². The smallest absolute Gasteiger partial charge is 0.253 e. The van der Waals surface area contributed by atoms with Gasteiger partial charge in [0, 0.05) is 30.3 Å². The number of carbonyl (C=O) groups is 1. The first-order valence-corrected chi connectivity index (χ1v) is 9.28. The first-order valence-electron chi connectivity index (χ1n) is 9.28. The minimum absolute atomic E-state index is 0.00935. The van der Waals surface area contributed by atoms with Crippen molar-refractivity contribution in [2.24, 2.45) is 0 Å². The number of rotatable bonds is 7. The number of aryl methyl sites for hydroxylation is 1. The van der Waals surface area contributed by atoms with Gasteiger partial charge >= 0.3 is 0 Å². The van der Waals surface area contributed by atoms with E-state index in [-0.39, 0.29) is 12.0 Å². The lowest BCUT2D eigenvalue weighted by Crippen LogP contribution is -2.31. The van der Waals surface area contributed by atoms with Gasteiger partial charge in [-0.05, 0) is 43.7 Å². The number of carbonyl (C=O) groups excluding carboxylic acids is 1. The van der Waals surface area contributed by atoms with Crippen molar-refractivity contribution in [3.8, 4) is 11.6 Å². The molecule has 2 heterocycles. The third-order valence-corrected chi connectivity index (χ3v) is 4.45. The van der Waals surface area contributed by atoms with Crippen LogP contribution in [0.3, 0.4) is 0 Å². The van der Waals surface area contributed by atoms with Gasteiger partial charge in [0.25, 0.3) is 5.91 Å². The molecule has 0 spiro atoms. The van der Waals surface area contributed by atoms with Crippen LogP contribution in [-0.4, -0.2) is 41.6 Å². The number of hydrogen-bond acceptors (Lipinski definition) is 4. The monoisotopic (exact) mass is 354 g/mol. The molecule has 1 atom stereocenters. The molecule has 1 aliphatic heterocycles. The Morgan fingerprint density at radius 2 is 2.04 bits per heavy atom. The first kappa shape index (κ1) is 18.2. The van der Waals surface area contributed by atoms with Crippen LogP contribution in [0.25, 0.3) is 0 Å². The van der Waals surface area contributed by atoms with Crippen molar-refractivity contribution in [2.75, 3.05) is 19.7 Å². The SMILES string of the molecule is CCCCOc1ccc(C(=O)N2CCC(Oc3cccc(C)n3)C2)cc1. The number of aromatic nitrogens is 1. The van der Waals surface area contributed by atoms with Gasteiger partial charge in [-0.15, -0.1) is 0 Å². The van der Waals surface area contributed by atoms with E-state index in [1.807, 2.05) is 54.3 Å². The summed E-state index contributed by atoms with van der Waals surface area (Å²) in [5, 5.41) is 0. The third-order valence-electron chi connectivity index (χ3n) is 4.45. The van der Waals surface area contributed by atoms with Gasteiger partial charge < -0.3 is 14.4 Å². The van der Waals surface area contributed by atoms with Crippen molar-refractivity contribution in [1.82, 2.24) is 9.88 Å². The lowest BCUT2D eigenvalue weighted by Gasteiger charge is -2.17. The molecule has 2 aromatic rings. The zero-order chi connectivity index (χ0) is 18.4. The summed E-state index contributed by atoms with van der Waals surface area (Å²) in [5.41, 5.74) is 1.61. The topological polar surface area (TPSA) is 51.7 Å². The Morgan fingerprint density at radius 1 is 1.23 bits per heavy atom. The Bertz CT molecular complexity index is 730. The number of benzene rings is 1. The molecule has 26 heavy (non-hydrogen) atoms. The maximum atomic E-state index is 12.7. The number of nitrogens with zero attached hydrogens (tertiary/aromatic N) is 2. The zero-order valence-corrected chi connectivity index (χ0v) is 15.5. The highest BCUT2D eigenvalue weighted by molar-refractivity contribution is 5.94. The number of likely N-dealkylation sites (tertiary alicyclic amines) is 1. The highest BCUT2D eigenvalue weighted by Crippen LogP contribution is 2.20. The van der Waals surface area contributed by atoms with Crippen LogP contribution in [0.4, 0.5) is 0 Å². The van der Waals surface area contributed by atoms with E-state index < -0.39 is 0 Å². The summed E-state index contributed by atoms with van der Waals surface area (Å²) >= 11 is 0. The second-order valence-electron chi connectivity index (χ2n) is 6.62. The van der Waals surface area contributed by atoms with Crippen LogP contribution < -0.4 is 9.47 Å². The van der Waals surface area contributed by atoms with Gasteiger partial charge in [-0.3, -0.25) is 4.79 Å². The van der Waals surface area contributed by atoms with Gasteiger partial charge in [0.1, 0.15) is 11.9 Å². The van der Waals surface area contributed by atoms with E-state index in [2.05, 4.69) is 11.9 Å². The molecule has 3 rings (SSSR count). The molecule has 5 heteroatoms. The van der Waals surface area contributed by atoms with Crippen LogP contribution in [0, 0.1) is 6.92 Å². The predicted octanol–water partition coefficient (Wildman–Crippen LogP) is 3.86. The second kappa shape index (κ2) is 8.70. The molecular weight excluding hydrogens is 328 g/mol. The van der Waals surface area contributed by atoms with Crippen LogP contribution >= 0.6 is 0 Å². The van der Waals surface area contributed by atoms with E-state index in [9.17, 15) is 4.79 Å². The van der Waals surface area contributed by atoms with Crippen molar-refractivity contribution < 1.29 is 14.3 Å². The first-order chi connectivity index (χ1) is 12.7. The van der Waals surface area contributed by atoms with E-state index in [1.165, 1.54) is 0 Å². The minimum atomic E-state index is -0.00935. The fraction of sp³-hybridized carbons (Fsp3) is 0.429. The van der Waals surface area contributed by atoms with Crippen molar-refractivity contribution >= 4 is 5.91 Å². The van der Waals surface area contributed by atoms with Crippen LogP contribution in [-0.2, 0) is 0 Å². The molecule has 0 radical (unpaired) electrons. The van der Waals surface area contributed by atoms with E-state index in [1.54, 1.807) is 0 Å². The van der Waals surface area contributed by atoms with Crippen molar-refractivity contribution in [3.05, 3.63) is 53.7 Å². The van der Waals surface area contributed by atoms with Gasteiger partial charge in [-0.2, -0.15) is 0 Å². The van der Waals surface area contributed by atoms with Crippen LogP contribution in [0.2, 0.25) is 0 Å². The molecule has 5 nitrogen and oxygen atoms in total. The standard InChI is InChI=1S/C21H26N2O3/c1-3-4-14-25-18-10-8-17(9-11-18)21(24)23-13-12-19(15-23)26-20-7-5-6-16(2)22-20/h5-11,19H,3-4,12-15H2,1-2H3. The molecule has 1 aromatic heterocycles. The Balaban J connectivity index is 1.54. The molecule has 1 fully saturated rings. The zero-order valence-electron chi connectivity index (χ0n) is 15.5. The summed E-state index contributed by atoms with van der Waals surface area (Å²) in [6.07, 6.45) is 2.95. The van der Waals surface area contributed by atoms with E-state index >= 15 is 0 Å². The summed E-state index contributed by atoms with van der Waals surface area (Å²) in [6, 6.07) is 13.1. The number of hydrogen-bond donors (Lipinski definition) is 0. The van der Waals surface area contributed by atoms with Gasteiger partial charge in [-0.1, -0.05) is 19.4 Å². The third kappa shape index (κ3) is 4.75. The van der Waals surface area contributed by atoms with Gasteiger partial charge in [0.15, 0.2) is 0 Å². The van der Waals surface area contributed by atoms with Gasteiger partial charge in [0.05, 0.1) is 13.2 Å². The Hall–Kier alpha value is -2.56. The lowest BCUT2D eigenvalue weighted by molar-refractivity contribution is 0.0771. The normalized spacial score (nSPS) is 16.5. The largest absolute Gasteiger partial charge is 0.494 e. The predicted molar refractivity (Wildman–Crippen MR) is 101 cm³/mol. The highest BCUT2D eigenvalue weighted by Gasteiger charge is 2.28. The quantitative estimate of drug-likeness (QED) is 0.709. The summed E-state index contributed by atoms with van der Waals surface area (Å²) in [5.74, 6) is 1.47. The fourth-order valence-electron chi connectivity index (χ4n) is 2.97. The van der Waals surface area contributed by atoms with Crippen molar-refractivity contribution in [3.63, 3.8) is 0 Å². The Labute approximate surface area is 155 Å². The molecule has 1 saturated heterocycles. The average Bonchev–Trinajstić information content (AvgIpc) is 3.10. The fourth-order valence-corrected chi connectivity index (χ4v) is 2.97. The number of amides is 1. The van der Waals surface area contributed by atoms with E-state index in [4.69, 9.17) is 9.47 Å². The molecule has 1 aliphatic rings. The van der Waals surface area contributed by atoms with Crippen molar-refractivity contribution in [2.45, 2.75) is 39.2 Å². The van der Waals surface area contributed by atoms with Crippen molar-refractivity contribution in [1.29, 1.82) is 0 Å². The maximum Gasteiger partial charge on any atom is 0.253 e. The summed E-state index contributed by atoms with van der Waals surface area (Å²) in [4.78, 5) is 18.9. The molecule has 1 unspecified atom stereocenters. The molecule has 0 N–H and O–H groups in total. The number of ether oxygens (including phenoxy) is 2. The summed E-state index contributed by atoms with van der Waals surface area (Å²) in [6.45, 7) is 6.06. The minimum Gasteiger partial charge on any atom is -0.494 e. The Morgan fingerprint density at radius 3 is 2.77 bits per heavy atom. The molecule has 138 valence electrons. The summed E-state index contributed by atoms with van der Waals surface area (Å²) in [7, 11) is 0.